The number of fused-ring (bicyclic) bond motifs is 2. The number of aryl methyl sites for hydroxylation is 1. The Morgan fingerprint density at radius 1 is 1.22 bits per heavy atom. The summed E-state index contributed by atoms with van der Waals surface area (Å²) in [6.45, 7) is 0. The van der Waals surface area contributed by atoms with Crippen molar-refractivity contribution in [1.82, 2.24) is 18.9 Å². The Hall–Kier alpha value is -2.63. The summed E-state index contributed by atoms with van der Waals surface area (Å²) in [5, 5.41) is 9.36. The van der Waals surface area contributed by atoms with E-state index in [2.05, 4.69) is 27.7 Å². The van der Waals surface area contributed by atoms with Crippen LogP contribution in [0.1, 0.15) is 58.8 Å². The SMILES string of the molecule is O=C(O)c1cnc2n1C(c1cn3cc(C4CC4)ccc3n1)CC2. The topological polar surface area (TPSA) is 72.4 Å². The molecule has 6 heteroatoms. The fraction of sp³-hybridized carbons (Fsp3) is 0.353. The van der Waals surface area contributed by atoms with Crippen molar-refractivity contribution in [3.63, 3.8) is 0 Å². The lowest BCUT2D eigenvalue weighted by Crippen LogP contribution is -2.13. The Kier molecular flexibility index (Phi) is 2.48. The fourth-order valence-electron chi connectivity index (χ4n) is 3.61. The van der Waals surface area contributed by atoms with Crippen molar-refractivity contribution < 1.29 is 9.90 Å². The summed E-state index contributed by atoms with van der Waals surface area (Å²) >= 11 is 0. The predicted molar refractivity (Wildman–Crippen MR) is 82.8 cm³/mol. The zero-order chi connectivity index (χ0) is 15.6. The van der Waals surface area contributed by atoms with E-state index >= 15 is 0 Å². The second-order valence-electron chi connectivity index (χ2n) is 6.46. The van der Waals surface area contributed by atoms with Gasteiger partial charge >= 0.3 is 5.97 Å². The van der Waals surface area contributed by atoms with Crippen molar-refractivity contribution in [3.05, 3.63) is 53.5 Å². The Morgan fingerprint density at radius 2 is 2.09 bits per heavy atom. The summed E-state index contributed by atoms with van der Waals surface area (Å²) in [7, 11) is 0. The zero-order valence-electron chi connectivity index (χ0n) is 12.5. The van der Waals surface area contributed by atoms with Gasteiger partial charge in [-0.25, -0.2) is 14.8 Å². The molecule has 0 aromatic carbocycles. The summed E-state index contributed by atoms with van der Waals surface area (Å²) in [5.41, 5.74) is 3.44. The highest BCUT2D eigenvalue weighted by atomic mass is 16.4. The standard InChI is InChI=1S/C17H16N4O2/c22-17(23)14-7-18-15-6-4-13(21(14)15)12-9-20-8-11(10-1-2-10)3-5-16(20)19-12/h3,5,7-10,13H,1-2,4,6H2,(H,22,23). The summed E-state index contributed by atoms with van der Waals surface area (Å²) in [6.07, 6.45) is 9.83. The number of carbonyl (C=O) groups is 1. The van der Waals surface area contributed by atoms with Gasteiger partial charge in [0, 0.05) is 18.8 Å². The van der Waals surface area contributed by atoms with E-state index in [-0.39, 0.29) is 11.7 Å². The first-order chi connectivity index (χ1) is 11.2. The van der Waals surface area contributed by atoms with Crippen LogP contribution >= 0.6 is 0 Å². The van der Waals surface area contributed by atoms with Crippen LogP contribution in [-0.4, -0.2) is 30.0 Å². The number of aromatic carboxylic acids is 1. The van der Waals surface area contributed by atoms with Gasteiger partial charge in [-0.1, -0.05) is 6.07 Å². The first kappa shape index (κ1) is 12.9. The predicted octanol–water partition coefficient (Wildman–Crippen LogP) is 2.64. The molecule has 3 aromatic heterocycles. The normalized spacial score (nSPS) is 20.1. The molecule has 116 valence electrons. The Balaban J connectivity index is 1.59. The molecule has 3 aromatic rings. The molecule has 1 fully saturated rings. The van der Waals surface area contributed by atoms with Gasteiger partial charge in [-0.3, -0.25) is 0 Å². The maximum atomic E-state index is 11.4. The molecular formula is C17H16N4O2. The highest BCUT2D eigenvalue weighted by Gasteiger charge is 2.31. The first-order valence-corrected chi connectivity index (χ1v) is 7.98. The molecule has 6 nitrogen and oxygen atoms in total. The quantitative estimate of drug-likeness (QED) is 0.807. The number of hydrogen-bond acceptors (Lipinski definition) is 3. The first-order valence-electron chi connectivity index (χ1n) is 7.98. The highest BCUT2D eigenvalue weighted by Crippen LogP contribution is 2.40. The van der Waals surface area contributed by atoms with Gasteiger partial charge in [0.15, 0.2) is 0 Å². The lowest BCUT2D eigenvalue weighted by atomic mass is 10.1. The van der Waals surface area contributed by atoms with Crippen molar-refractivity contribution in [2.45, 2.75) is 37.6 Å². The molecule has 1 atom stereocenters. The third-order valence-corrected chi connectivity index (χ3v) is 4.93. The van der Waals surface area contributed by atoms with E-state index in [9.17, 15) is 9.90 Å². The Labute approximate surface area is 132 Å². The molecule has 4 heterocycles. The van der Waals surface area contributed by atoms with E-state index in [0.29, 0.717) is 5.92 Å². The maximum Gasteiger partial charge on any atom is 0.354 e. The van der Waals surface area contributed by atoms with Crippen molar-refractivity contribution in [3.8, 4) is 0 Å². The van der Waals surface area contributed by atoms with Gasteiger partial charge in [-0.15, -0.1) is 0 Å². The number of hydrogen-bond donors (Lipinski definition) is 1. The van der Waals surface area contributed by atoms with E-state index in [1.165, 1.54) is 24.6 Å². The summed E-state index contributed by atoms with van der Waals surface area (Å²) in [4.78, 5) is 20.4. The number of pyridine rings is 1. The van der Waals surface area contributed by atoms with E-state index in [1.807, 2.05) is 10.8 Å². The smallest absolute Gasteiger partial charge is 0.354 e. The molecule has 2 aliphatic rings. The number of carboxylic acids is 1. The maximum absolute atomic E-state index is 11.4. The molecule has 5 rings (SSSR count). The third-order valence-electron chi connectivity index (χ3n) is 4.93. The average molecular weight is 308 g/mol. The molecule has 0 saturated heterocycles. The van der Waals surface area contributed by atoms with Gasteiger partial charge in [0.2, 0.25) is 0 Å². The minimum Gasteiger partial charge on any atom is -0.477 e. The van der Waals surface area contributed by atoms with Crippen molar-refractivity contribution in [2.24, 2.45) is 0 Å². The molecule has 1 N–H and O–H groups in total. The van der Waals surface area contributed by atoms with Crippen LogP contribution in [0.4, 0.5) is 0 Å². The largest absolute Gasteiger partial charge is 0.477 e. The van der Waals surface area contributed by atoms with Crippen LogP contribution in [0.3, 0.4) is 0 Å². The minimum absolute atomic E-state index is 0.0390. The monoisotopic (exact) mass is 308 g/mol. The summed E-state index contributed by atoms with van der Waals surface area (Å²) in [5.74, 6) is 0.606. The molecular weight excluding hydrogens is 292 g/mol. The molecule has 0 spiro atoms. The second kappa shape index (κ2) is 4.44. The highest BCUT2D eigenvalue weighted by molar-refractivity contribution is 5.85. The van der Waals surface area contributed by atoms with Crippen LogP contribution in [-0.2, 0) is 6.42 Å². The molecule has 0 amide bonds. The van der Waals surface area contributed by atoms with Crippen LogP contribution in [0.15, 0.2) is 30.7 Å². The average Bonchev–Trinajstić information content (AvgIpc) is 2.98. The molecule has 1 aliphatic carbocycles. The molecule has 23 heavy (non-hydrogen) atoms. The van der Waals surface area contributed by atoms with Gasteiger partial charge in [0.05, 0.1) is 17.9 Å². The molecule has 1 aliphatic heterocycles. The second-order valence-corrected chi connectivity index (χ2v) is 6.46. The van der Waals surface area contributed by atoms with Gasteiger partial charge < -0.3 is 14.1 Å². The van der Waals surface area contributed by atoms with Crippen molar-refractivity contribution in [1.29, 1.82) is 0 Å². The fourth-order valence-corrected chi connectivity index (χ4v) is 3.61. The van der Waals surface area contributed by atoms with Crippen LogP contribution < -0.4 is 0 Å². The van der Waals surface area contributed by atoms with Gasteiger partial charge in [0.25, 0.3) is 0 Å². The van der Waals surface area contributed by atoms with E-state index < -0.39 is 5.97 Å². The van der Waals surface area contributed by atoms with Crippen LogP contribution in [0.25, 0.3) is 5.65 Å². The number of nitrogens with zero attached hydrogens (tertiary/aromatic N) is 4. The number of carboxylic acid groups (broad SMARTS) is 1. The van der Waals surface area contributed by atoms with E-state index in [1.54, 1.807) is 0 Å². The van der Waals surface area contributed by atoms with Crippen LogP contribution in [0.5, 0.6) is 0 Å². The summed E-state index contributed by atoms with van der Waals surface area (Å²) < 4.78 is 3.89. The van der Waals surface area contributed by atoms with E-state index in [0.717, 1.165) is 30.0 Å². The van der Waals surface area contributed by atoms with Gasteiger partial charge in [-0.2, -0.15) is 0 Å². The van der Waals surface area contributed by atoms with E-state index in [4.69, 9.17) is 4.98 Å². The lowest BCUT2D eigenvalue weighted by Gasteiger charge is -2.11. The van der Waals surface area contributed by atoms with Crippen LogP contribution in [0, 0.1) is 0 Å². The Morgan fingerprint density at radius 3 is 2.87 bits per heavy atom. The molecule has 0 bridgehead atoms. The number of rotatable bonds is 3. The summed E-state index contributed by atoms with van der Waals surface area (Å²) in [6, 6.07) is 4.17. The molecule has 1 unspecified atom stereocenters. The van der Waals surface area contributed by atoms with Gasteiger partial charge in [0.1, 0.15) is 17.2 Å². The third kappa shape index (κ3) is 1.91. The van der Waals surface area contributed by atoms with Crippen LogP contribution in [0.2, 0.25) is 0 Å². The van der Waals surface area contributed by atoms with Crippen molar-refractivity contribution in [2.75, 3.05) is 0 Å². The lowest BCUT2D eigenvalue weighted by molar-refractivity contribution is 0.0684. The molecule has 0 radical (unpaired) electrons. The number of aromatic nitrogens is 4. The minimum atomic E-state index is -0.935. The van der Waals surface area contributed by atoms with Crippen molar-refractivity contribution >= 4 is 11.6 Å². The molecule has 1 saturated carbocycles. The zero-order valence-corrected chi connectivity index (χ0v) is 12.5. The van der Waals surface area contributed by atoms with Gasteiger partial charge in [-0.05, 0) is 36.8 Å². The Bertz CT molecular complexity index is 935. The number of imidazole rings is 2.